The van der Waals surface area contributed by atoms with E-state index in [9.17, 15) is 0 Å². The first-order chi connectivity index (χ1) is 7.20. The summed E-state index contributed by atoms with van der Waals surface area (Å²) < 4.78 is 2.57. The highest BCUT2D eigenvalue weighted by Crippen LogP contribution is 2.18. The van der Waals surface area contributed by atoms with Crippen molar-refractivity contribution < 1.29 is 5.11 Å². The molecule has 0 radical (unpaired) electrons. The molecule has 0 aliphatic carbocycles. The molecule has 3 nitrogen and oxygen atoms in total. The Labute approximate surface area is 96.5 Å². The smallest absolute Gasteiger partial charge is 0.102 e. The molecule has 0 fully saturated rings. The minimum atomic E-state index is -0.0561. The van der Waals surface area contributed by atoms with E-state index < -0.39 is 0 Å². The quantitative estimate of drug-likeness (QED) is 0.907. The van der Waals surface area contributed by atoms with Gasteiger partial charge in [-0.1, -0.05) is 17.7 Å². The second-order valence-corrected chi connectivity index (χ2v) is 4.22. The number of hydrogen-bond acceptors (Lipinski definition) is 2. The van der Waals surface area contributed by atoms with Crippen molar-refractivity contribution >= 4 is 15.9 Å². The third-order valence-electron chi connectivity index (χ3n) is 2.19. The van der Waals surface area contributed by atoms with Gasteiger partial charge in [0.1, 0.15) is 5.69 Å². The first-order valence-corrected chi connectivity index (χ1v) is 5.42. The maximum Gasteiger partial charge on any atom is 0.102 e. The number of benzene rings is 1. The van der Waals surface area contributed by atoms with Crippen molar-refractivity contribution in [1.82, 2.24) is 9.78 Å². The summed E-state index contributed by atoms with van der Waals surface area (Å²) in [5.41, 5.74) is 2.85. The molecule has 1 aromatic carbocycles. The molecule has 0 amide bonds. The molecule has 2 aromatic rings. The number of rotatable bonds is 2. The summed E-state index contributed by atoms with van der Waals surface area (Å²) in [5.74, 6) is 0. The minimum Gasteiger partial charge on any atom is -0.390 e. The fourth-order valence-corrected chi connectivity index (χ4v) is 1.72. The first kappa shape index (κ1) is 10.4. The fourth-order valence-electron chi connectivity index (χ4n) is 1.33. The van der Waals surface area contributed by atoms with Crippen LogP contribution >= 0.6 is 15.9 Å². The lowest BCUT2D eigenvalue weighted by Crippen LogP contribution is -1.95. The number of aromatic nitrogens is 2. The van der Waals surface area contributed by atoms with E-state index in [2.05, 4.69) is 21.0 Å². The highest BCUT2D eigenvalue weighted by atomic mass is 79.9. The second kappa shape index (κ2) is 4.16. The van der Waals surface area contributed by atoms with E-state index in [1.165, 1.54) is 5.56 Å². The Morgan fingerprint density at radius 2 is 2.00 bits per heavy atom. The number of hydrogen-bond donors (Lipinski definition) is 1. The average molecular weight is 267 g/mol. The predicted octanol–water partition coefficient (Wildman–Crippen LogP) is 2.44. The summed E-state index contributed by atoms with van der Waals surface area (Å²) in [4.78, 5) is 0. The Morgan fingerprint density at radius 3 is 2.53 bits per heavy atom. The topological polar surface area (TPSA) is 38.0 Å². The molecule has 1 heterocycles. The highest BCUT2D eigenvalue weighted by molar-refractivity contribution is 9.10. The Balaban J connectivity index is 2.41. The van der Waals surface area contributed by atoms with Crippen LogP contribution in [0.2, 0.25) is 0 Å². The van der Waals surface area contributed by atoms with E-state index in [-0.39, 0.29) is 6.61 Å². The maximum atomic E-state index is 9.02. The van der Waals surface area contributed by atoms with Crippen LogP contribution in [0.3, 0.4) is 0 Å². The van der Waals surface area contributed by atoms with E-state index in [0.717, 1.165) is 10.2 Å². The molecule has 1 aromatic heterocycles. The van der Waals surface area contributed by atoms with Crippen molar-refractivity contribution in [3.8, 4) is 5.69 Å². The number of aryl methyl sites for hydroxylation is 1. The second-order valence-electron chi connectivity index (χ2n) is 3.36. The van der Waals surface area contributed by atoms with Gasteiger partial charge in [0.25, 0.3) is 0 Å². The zero-order valence-electron chi connectivity index (χ0n) is 8.31. The summed E-state index contributed by atoms with van der Waals surface area (Å²) in [7, 11) is 0. The van der Waals surface area contributed by atoms with Crippen molar-refractivity contribution in [3.63, 3.8) is 0 Å². The molecule has 0 saturated carbocycles. The lowest BCUT2D eigenvalue weighted by Gasteiger charge is -2.00. The molecule has 15 heavy (non-hydrogen) atoms. The van der Waals surface area contributed by atoms with Crippen LogP contribution in [-0.4, -0.2) is 14.9 Å². The zero-order valence-corrected chi connectivity index (χ0v) is 9.90. The van der Waals surface area contributed by atoms with E-state index in [1.54, 1.807) is 4.68 Å². The molecule has 0 aliphatic rings. The monoisotopic (exact) mass is 266 g/mol. The van der Waals surface area contributed by atoms with Gasteiger partial charge in [-0.15, -0.1) is 0 Å². The van der Waals surface area contributed by atoms with Gasteiger partial charge in [0, 0.05) is 6.20 Å². The van der Waals surface area contributed by atoms with Gasteiger partial charge in [0.05, 0.1) is 16.8 Å². The van der Waals surface area contributed by atoms with Crippen molar-refractivity contribution in [2.75, 3.05) is 0 Å². The van der Waals surface area contributed by atoms with Crippen LogP contribution in [0.25, 0.3) is 5.69 Å². The molecule has 0 unspecified atom stereocenters. The van der Waals surface area contributed by atoms with Crippen LogP contribution in [0.4, 0.5) is 0 Å². The van der Waals surface area contributed by atoms with Crippen molar-refractivity contribution in [1.29, 1.82) is 0 Å². The van der Waals surface area contributed by atoms with Crippen molar-refractivity contribution in [3.05, 3.63) is 46.2 Å². The molecule has 78 valence electrons. The Kier molecular flexibility index (Phi) is 2.88. The SMILES string of the molecule is Cc1ccc(-n2cc(Br)c(CO)n2)cc1. The van der Waals surface area contributed by atoms with E-state index in [0.29, 0.717) is 5.69 Å². The summed E-state index contributed by atoms with van der Waals surface area (Å²) >= 11 is 3.35. The minimum absolute atomic E-state index is 0.0561. The van der Waals surface area contributed by atoms with Crippen LogP contribution < -0.4 is 0 Å². The van der Waals surface area contributed by atoms with Gasteiger partial charge >= 0.3 is 0 Å². The Bertz CT molecular complexity index is 462. The van der Waals surface area contributed by atoms with E-state index >= 15 is 0 Å². The molecule has 0 aliphatic heterocycles. The lowest BCUT2D eigenvalue weighted by molar-refractivity contribution is 0.275. The Hall–Kier alpha value is -1.13. The van der Waals surface area contributed by atoms with Crippen molar-refractivity contribution in [2.24, 2.45) is 0 Å². The van der Waals surface area contributed by atoms with Crippen LogP contribution in [0.1, 0.15) is 11.3 Å². The maximum absolute atomic E-state index is 9.02. The third-order valence-corrected chi connectivity index (χ3v) is 2.85. The molecular formula is C11H11BrN2O. The molecule has 0 saturated heterocycles. The number of nitrogens with zero attached hydrogens (tertiary/aromatic N) is 2. The molecule has 1 N–H and O–H groups in total. The molecule has 0 spiro atoms. The largest absolute Gasteiger partial charge is 0.390 e. The normalized spacial score (nSPS) is 10.6. The first-order valence-electron chi connectivity index (χ1n) is 4.62. The Morgan fingerprint density at radius 1 is 1.33 bits per heavy atom. The van der Waals surface area contributed by atoms with Crippen LogP contribution in [-0.2, 0) is 6.61 Å². The van der Waals surface area contributed by atoms with Gasteiger partial charge in [0.2, 0.25) is 0 Å². The average Bonchev–Trinajstić information content (AvgIpc) is 2.61. The van der Waals surface area contributed by atoms with Gasteiger partial charge in [-0.3, -0.25) is 0 Å². The highest BCUT2D eigenvalue weighted by Gasteiger charge is 2.05. The lowest BCUT2D eigenvalue weighted by atomic mass is 10.2. The summed E-state index contributed by atoms with van der Waals surface area (Å²) in [6.07, 6.45) is 1.84. The van der Waals surface area contributed by atoms with Gasteiger partial charge in [-0.25, -0.2) is 4.68 Å². The van der Waals surface area contributed by atoms with E-state index in [1.807, 2.05) is 37.4 Å². The molecule has 4 heteroatoms. The van der Waals surface area contributed by atoms with E-state index in [4.69, 9.17) is 5.11 Å². The van der Waals surface area contributed by atoms with Gasteiger partial charge in [-0.2, -0.15) is 5.10 Å². The fraction of sp³-hybridized carbons (Fsp3) is 0.182. The van der Waals surface area contributed by atoms with Crippen molar-refractivity contribution in [2.45, 2.75) is 13.5 Å². The predicted molar refractivity (Wildman–Crippen MR) is 61.9 cm³/mol. The molecule has 0 atom stereocenters. The molecule has 2 rings (SSSR count). The summed E-state index contributed by atoms with van der Waals surface area (Å²) in [5, 5.41) is 13.3. The van der Waals surface area contributed by atoms with Gasteiger partial charge in [-0.05, 0) is 35.0 Å². The summed E-state index contributed by atoms with van der Waals surface area (Å²) in [6, 6.07) is 8.05. The van der Waals surface area contributed by atoms with Crippen LogP contribution in [0.5, 0.6) is 0 Å². The summed E-state index contributed by atoms with van der Waals surface area (Å²) in [6.45, 7) is 1.99. The van der Waals surface area contributed by atoms with Gasteiger partial charge in [0.15, 0.2) is 0 Å². The van der Waals surface area contributed by atoms with Gasteiger partial charge < -0.3 is 5.11 Å². The zero-order chi connectivity index (χ0) is 10.8. The standard InChI is InChI=1S/C11H11BrN2O/c1-8-2-4-9(5-3-8)14-6-10(12)11(7-15)13-14/h2-6,15H,7H2,1H3. The van der Waals surface area contributed by atoms with Crippen LogP contribution in [0.15, 0.2) is 34.9 Å². The third kappa shape index (κ3) is 2.11. The number of halogens is 1. The molecular weight excluding hydrogens is 256 g/mol. The molecule has 0 bridgehead atoms. The van der Waals surface area contributed by atoms with Crippen LogP contribution in [0, 0.1) is 6.92 Å². The number of aliphatic hydroxyl groups excluding tert-OH is 1. The number of aliphatic hydroxyl groups is 1.